The highest BCUT2D eigenvalue weighted by molar-refractivity contribution is 7.73. The van der Waals surface area contributed by atoms with Crippen LogP contribution in [0.25, 0.3) is 0 Å². The SMILES string of the molecule is O=[SH](=O)Nc1ccc(Cl)cc1. The molecule has 3 nitrogen and oxygen atoms in total. The van der Waals surface area contributed by atoms with Gasteiger partial charge in [-0.05, 0) is 24.3 Å². The lowest BCUT2D eigenvalue weighted by atomic mass is 10.3. The van der Waals surface area contributed by atoms with Crippen LogP contribution in [0, 0.1) is 0 Å². The molecule has 0 aliphatic carbocycles. The van der Waals surface area contributed by atoms with Crippen molar-refractivity contribution in [2.45, 2.75) is 0 Å². The Balaban J connectivity index is 2.82. The maximum atomic E-state index is 10.1. The predicted octanol–water partition coefficient (Wildman–Crippen LogP) is 1.28. The fourth-order valence-corrected chi connectivity index (χ4v) is 1.12. The highest BCUT2D eigenvalue weighted by atomic mass is 35.5. The van der Waals surface area contributed by atoms with E-state index in [4.69, 9.17) is 11.6 Å². The summed E-state index contributed by atoms with van der Waals surface area (Å²) in [5, 5.41) is 0.580. The Hall–Kier alpha value is -0.740. The summed E-state index contributed by atoms with van der Waals surface area (Å²) in [5.41, 5.74) is 0.519. The van der Waals surface area contributed by atoms with E-state index in [1.165, 1.54) is 0 Å². The lowest BCUT2D eigenvalue weighted by Crippen LogP contribution is -1.93. The van der Waals surface area contributed by atoms with Crippen LogP contribution in [-0.4, -0.2) is 8.42 Å². The Labute approximate surface area is 71.1 Å². The molecule has 11 heavy (non-hydrogen) atoms. The van der Waals surface area contributed by atoms with Gasteiger partial charge < -0.3 is 0 Å². The molecule has 0 saturated heterocycles. The Morgan fingerprint density at radius 3 is 2.18 bits per heavy atom. The summed E-state index contributed by atoms with van der Waals surface area (Å²) in [6.07, 6.45) is 0. The number of thiol groups is 1. The minimum Gasteiger partial charge on any atom is -0.286 e. The minimum atomic E-state index is -2.58. The van der Waals surface area contributed by atoms with Gasteiger partial charge in [-0.15, -0.1) is 0 Å². The van der Waals surface area contributed by atoms with Crippen molar-refractivity contribution in [3.63, 3.8) is 0 Å². The molecule has 0 spiro atoms. The first-order chi connectivity index (χ1) is 5.18. The molecule has 60 valence electrons. The highest BCUT2D eigenvalue weighted by Gasteiger charge is 1.90. The maximum absolute atomic E-state index is 10.1. The Morgan fingerprint density at radius 1 is 1.18 bits per heavy atom. The number of nitrogens with one attached hydrogen (secondary N) is 1. The zero-order valence-corrected chi connectivity index (χ0v) is 7.10. The lowest BCUT2D eigenvalue weighted by Gasteiger charge is -1.96. The van der Waals surface area contributed by atoms with Gasteiger partial charge in [-0.2, -0.15) is 0 Å². The van der Waals surface area contributed by atoms with Crippen LogP contribution in [0.2, 0.25) is 5.02 Å². The van der Waals surface area contributed by atoms with E-state index < -0.39 is 10.9 Å². The molecule has 0 aromatic heterocycles. The van der Waals surface area contributed by atoms with Crippen LogP contribution in [-0.2, 0) is 10.9 Å². The summed E-state index contributed by atoms with van der Waals surface area (Å²) in [6.45, 7) is 0. The molecule has 0 aliphatic rings. The van der Waals surface area contributed by atoms with Gasteiger partial charge in [0.2, 0.25) is 10.9 Å². The largest absolute Gasteiger partial charge is 0.286 e. The summed E-state index contributed by atoms with van der Waals surface area (Å²) in [6, 6.07) is 6.41. The zero-order valence-electron chi connectivity index (χ0n) is 5.45. The van der Waals surface area contributed by atoms with Gasteiger partial charge in [-0.25, -0.2) is 8.42 Å². The quantitative estimate of drug-likeness (QED) is 0.692. The predicted molar refractivity (Wildman–Crippen MR) is 45.4 cm³/mol. The Morgan fingerprint density at radius 2 is 1.73 bits per heavy atom. The van der Waals surface area contributed by atoms with E-state index in [1.807, 2.05) is 0 Å². The van der Waals surface area contributed by atoms with Crippen molar-refractivity contribution in [1.82, 2.24) is 0 Å². The van der Waals surface area contributed by atoms with E-state index in [1.54, 1.807) is 24.3 Å². The summed E-state index contributed by atoms with van der Waals surface area (Å²) in [5.74, 6) is 0. The van der Waals surface area contributed by atoms with Crippen LogP contribution in [0.5, 0.6) is 0 Å². The van der Waals surface area contributed by atoms with Crippen molar-refractivity contribution in [2.75, 3.05) is 4.72 Å². The second-order valence-corrected chi connectivity index (χ2v) is 3.05. The van der Waals surface area contributed by atoms with E-state index in [-0.39, 0.29) is 0 Å². The summed E-state index contributed by atoms with van der Waals surface area (Å²) < 4.78 is 22.5. The Bertz CT molecular complexity index is 299. The van der Waals surface area contributed by atoms with Crippen LogP contribution in [0.1, 0.15) is 0 Å². The molecule has 1 rings (SSSR count). The van der Waals surface area contributed by atoms with Gasteiger partial charge >= 0.3 is 0 Å². The topological polar surface area (TPSA) is 46.2 Å². The summed E-state index contributed by atoms with van der Waals surface area (Å²) >= 11 is 5.57. The molecule has 1 aromatic rings. The van der Waals surface area contributed by atoms with Crippen LogP contribution in [0.4, 0.5) is 5.69 Å². The van der Waals surface area contributed by atoms with Crippen LogP contribution < -0.4 is 4.72 Å². The maximum Gasteiger partial charge on any atom is 0.222 e. The van der Waals surface area contributed by atoms with E-state index >= 15 is 0 Å². The van der Waals surface area contributed by atoms with E-state index in [0.29, 0.717) is 10.7 Å². The monoisotopic (exact) mass is 191 g/mol. The van der Waals surface area contributed by atoms with Crippen LogP contribution in [0.3, 0.4) is 0 Å². The second-order valence-electron chi connectivity index (χ2n) is 1.88. The van der Waals surface area contributed by atoms with Crippen molar-refractivity contribution in [3.8, 4) is 0 Å². The van der Waals surface area contributed by atoms with E-state index in [0.717, 1.165) is 0 Å². The van der Waals surface area contributed by atoms with Crippen LogP contribution >= 0.6 is 11.6 Å². The fraction of sp³-hybridized carbons (Fsp3) is 0. The first-order valence-electron chi connectivity index (χ1n) is 2.85. The Kier molecular flexibility index (Phi) is 2.73. The second kappa shape index (κ2) is 3.59. The first-order valence-corrected chi connectivity index (χ1v) is 4.40. The molecule has 0 radical (unpaired) electrons. The average Bonchev–Trinajstić information content (AvgIpc) is 1.93. The number of halogens is 1. The van der Waals surface area contributed by atoms with Crippen molar-refractivity contribution < 1.29 is 8.42 Å². The number of anilines is 1. The number of benzene rings is 1. The molecule has 0 atom stereocenters. The van der Waals surface area contributed by atoms with Crippen molar-refractivity contribution in [3.05, 3.63) is 29.3 Å². The molecule has 0 unspecified atom stereocenters. The highest BCUT2D eigenvalue weighted by Crippen LogP contribution is 2.12. The van der Waals surface area contributed by atoms with Crippen molar-refractivity contribution in [1.29, 1.82) is 0 Å². The molecule has 0 saturated carbocycles. The number of rotatable bonds is 2. The zero-order chi connectivity index (χ0) is 8.27. The van der Waals surface area contributed by atoms with Gasteiger partial charge in [0.15, 0.2) is 0 Å². The molecule has 0 amide bonds. The normalized spacial score (nSPS) is 10.0. The van der Waals surface area contributed by atoms with Gasteiger partial charge in [0.05, 0.1) is 0 Å². The molecule has 0 bridgehead atoms. The van der Waals surface area contributed by atoms with Crippen molar-refractivity contribution >= 4 is 28.2 Å². The fourth-order valence-electron chi connectivity index (χ4n) is 0.630. The van der Waals surface area contributed by atoms with Gasteiger partial charge in [0, 0.05) is 10.7 Å². The lowest BCUT2D eigenvalue weighted by molar-refractivity contribution is 0.619. The molecule has 1 aromatic carbocycles. The third-order valence-corrected chi connectivity index (χ3v) is 1.76. The third-order valence-electron chi connectivity index (χ3n) is 1.06. The standard InChI is InChI=1S/C6H6ClNO2S/c7-5-1-3-6(4-2-5)8-11(9)10/h1-4,11H,(H,8,9,10). The molecule has 5 heteroatoms. The first kappa shape index (κ1) is 8.36. The van der Waals surface area contributed by atoms with E-state index in [2.05, 4.69) is 4.72 Å². The van der Waals surface area contributed by atoms with Gasteiger partial charge in [-0.1, -0.05) is 11.6 Å². The van der Waals surface area contributed by atoms with Gasteiger partial charge in [0.25, 0.3) is 0 Å². The molecular formula is C6H6ClNO2S. The average molecular weight is 192 g/mol. The number of hydrogen-bond acceptors (Lipinski definition) is 2. The molecule has 0 heterocycles. The third kappa shape index (κ3) is 2.78. The van der Waals surface area contributed by atoms with E-state index in [9.17, 15) is 8.42 Å². The minimum absolute atomic E-state index is 0.519. The molecular weight excluding hydrogens is 186 g/mol. The van der Waals surface area contributed by atoms with Gasteiger partial charge in [0.1, 0.15) is 0 Å². The molecule has 0 fully saturated rings. The summed E-state index contributed by atoms with van der Waals surface area (Å²) in [4.78, 5) is 0. The number of hydrogen-bond donors (Lipinski definition) is 2. The van der Waals surface area contributed by atoms with Gasteiger partial charge in [-0.3, -0.25) is 4.72 Å². The smallest absolute Gasteiger partial charge is 0.222 e. The molecule has 1 N–H and O–H groups in total. The molecule has 0 aliphatic heterocycles. The summed E-state index contributed by atoms with van der Waals surface area (Å²) in [7, 11) is -2.58. The van der Waals surface area contributed by atoms with Crippen molar-refractivity contribution in [2.24, 2.45) is 0 Å². The van der Waals surface area contributed by atoms with Crippen LogP contribution in [0.15, 0.2) is 24.3 Å².